The van der Waals surface area contributed by atoms with Gasteiger partial charge in [-0.15, -0.1) is 12.4 Å². The van der Waals surface area contributed by atoms with Crippen LogP contribution in [-0.2, 0) is 4.79 Å². The van der Waals surface area contributed by atoms with Gasteiger partial charge in [-0.05, 0) is 44.4 Å². The van der Waals surface area contributed by atoms with E-state index in [1.165, 1.54) is 0 Å². The molecule has 0 heterocycles. The second-order valence-corrected chi connectivity index (χ2v) is 5.91. The second-order valence-electron chi connectivity index (χ2n) is 5.91. The molecular weight excluding hydrogens is 302 g/mol. The minimum Gasteiger partial charge on any atom is -0.349 e. The predicted molar refractivity (Wildman–Crippen MR) is 90.4 cm³/mol. The lowest BCUT2D eigenvalue weighted by Crippen LogP contribution is -2.34. The molecule has 2 amide bonds. The number of halogens is 1. The van der Waals surface area contributed by atoms with Gasteiger partial charge in [-0.25, -0.2) is 0 Å². The number of carbonyl (C=O) groups excluding carboxylic acids is 2. The van der Waals surface area contributed by atoms with Crippen molar-refractivity contribution in [3.05, 3.63) is 29.3 Å². The molecule has 6 heteroatoms. The van der Waals surface area contributed by atoms with Crippen molar-refractivity contribution >= 4 is 29.9 Å². The van der Waals surface area contributed by atoms with E-state index in [0.717, 1.165) is 18.4 Å². The molecule has 0 aromatic heterocycles. The minimum atomic E-state index is -0.284. The van der Waals surface area contributed by atoms with Crippen LogP contribution in [0, 0.1) is 12.8 Å². The van der Waals surface area contributed by atoms with Crippen LogP contribution in [0.15, 0.2) is 18.2 Å². The Labute approximate surface area is 137 Å². The maximum absolute atomic E-state index is 12.1. The van der Waals surface area contributed by atoms with Crippen LogP contribution < -0.4 is 16.4 Å². The largest absolute Gasteiger partial charge is 0.349 e. The van der Waals surface area contributed by atoms with Gasteiger partial charge in [0.2, 0.25) is 5.91 Å². The number of nitrogens with two attached hydrogens (primary N) is 1. The van der Waals surface area contributed by atoms with Gasteiger partial charge in [-0.3, -0.25) is 9.59 Å². The van der Waals surface area contributed by atoms with Gasteiger partial charge in [0, 0.05) is 23.3 Å². The molecule has 1 aliphatic rings. The van der Waals surface area contributed by atoms with Crippen LogP contribution in [0.25, 0.3) is 0 Å². The summed E-state index contributed by atoms with van der Waals surface area (Å²) in [5.41, 5.74) is 7.89. The summed E-state index contributed by atoms with van der Waals surface area (Å²) in [6.07, 6.45) is 2.10. The molecule has 22 heavy (non-hydrogen) atoms. The number of rotatable bonds is 5. The predicted octanol–water partition coefficient (Wildman–Crippen LogP) is 2.23. The molecule has 0 aliphatic heterocycles. The van der Waals surface area contributed by atoms with Gasteiger partial charge in [-0.2, -0.15) is 0 Å². The SMILES string of the molecule is Cc1ccc(C(=O)NC2CC2)cc1NC(=O)C(C)C(C)N.Cl. The number of amides is 2. The molecule has 1 saturated carbocycles. The highest BCUT2D eigenvalue weighted by molar-refractivity contribution is 5.98. The zero-order valence-corrected chi connectivity index (χ0v) is 14.0. The van der Waals surface area contributed by atoms with Gasteiger partial charge >= 0.3 is 0 Å². The Kier molecular flexibility index (Phi) is 6.38. The van der Waals surface area contributed by atoms with E-state index in [4.69, 9.17) is 5.73 Å². The molecule has 0 radical (unpaired) electrons. The van der Waals surface area contributed by atoms with Crippen LogP contribution in [0.5, 0.6) is 0 Å². The van der Waals surface area contributed by atoms with E-state index < -0.39 is 0 Å². The average Bonchev–Trinajstić information content (AvgIpc) is 3.23. The van der Waals surface area contributed by atoms with Crippen LogP contribution in [0.3, 0.4) is 0 Å². The zero-order valence-electron chi connectivity index (χ0n) is 13.2. The molecular formula is C16H24ClN3O2. The third kappa shape index (κ3) is 4.71. The van der Waals surface area contributed by atoms with E-state index in [1.54, 1.807) is 26.0 Å². The fourth-order valence-corrected chi connectivity index (χ4v) is 1.88. The fourth-order valence-electron chi connectivity index (χ4n) is 1.88. The topological polar surface area (TPSA) is 84.2 Å². The maximum atomic E-state index is 12.1. The molecule has 4 N–H and O–H groups in total. The number of hydrogen-bond donors (Lipinski definition) is 3. The first kappa shape index (κ1) is 18.5. The van der Waals surface area contributed by atoms with Gasteiger partial charge in [-0.1, -0.05) is 13.0 Å². The molecule has 2 atom stereocenters. The number of aryl methyl sites for hydroxylation is 1. The normalized spacial score (nSPS) is 16.2. The van der Waals surface area contributed by atoms with Crippen molar-refractivity contribution in [1.82, 2.24) is 5.32 Å². The number of anilines is 1. The van der Waals surface area contributed by atoms with Crippen molar-refractivity contribution in [3.63, 3.8) is 0 Å². The molecule has 5 nitrogen and oxygen atoms in total. The van der Waals surface area contributed by atoms with Crippen LogP contribution in [-0.4, -0.2) is 23.9 Å². The Bertz CT molecular complexity index is 556. The van der Waals surface area contributed by atoms with Crippen LogP contribution >= 0.6 is 12.4 Å². The highest BCUT2D eigenvalue weighted by Gasteiger charge is 2.24. The number of carbonyl (C=O) groups is 2. The molecule has 0 bridgehead atoms. The quantitative estimate of drug-likeness (QED) is 0.776. The van der Waals surface area contributed by atoms with Gasteiger partial charge in [0.05, 0.1) is 5.92 Å². The highest BCUT2D eigenvalue weighted by atomic mass is 35.5. The summed E-state index contributed by atoms with van der Waals surface area (Å²) in [6.45, 7) is 5.49. The number of nitrogens with one attached hydrogen (secondary N) is 2. The van der Waals surface area contributed by atoms with E-state index in [1.807, 2.05) is 13.0 Å². The molecule has 2 unspecified atom stereocenters. The van der Waals surface area contributed by atoms with Crippen molar-refractivity contribution < 1.29 is 9.59 Å². The van der Waals surface area contributed by atoms with Crippen LogP contribution in [0.4, 0.5) is 5.69 Å². The van der Waals surface area contributed by atoms with Crippen molar-refractivity contribution in [2.45, 2.75) is 45.7 Å². The standard InChI is InChI=1S/C16H23N3O2.ClH/c1-9-4-5-12(16(21)18-13-6-7-13)8-14(9)19-15(20)10(2)11(3)17;/h4-5,8,10-11,13H,6-7,17H2,1-3H3,(H,18,21)(H,19,20);1H. The Morgan fingerprint density at radius 1 is 1.27 bits per heavy atom. The van der Waals surface area contributed by atoms with Crippen LogP contribution in [0.2, 0.25) is 0 Å². The summed E-state index contributed by atoms with van der Waals surface area (Å²) >= 11 is 0. The molecule has 1 aromatic carbocycles. The Morgan fingerprint density at radius 2 is 1.91 bits per heavy atom. The summed E-state index contributed by atoms with van der Waals surface area (Å²) in [5.74, 6) is -0.505. The Morgan fingerprint density at radius 3 is 2.45 bits per heavy atom. The summed E-state index contributed by atoms with van der Waals surface area (Å²) in [6, 6.07) is 5.44. The molecule has 0 saturated heterocycles. The van der Waals surface area contributed by atoms with Crippen molar-refractivity contribution in [2.75, 3.05) is 5.32 Å². The Hall–Kier alpha value is -1.59. The summed E-state index contributed by atoms with van der Waals surface area (Å²) in [7, 11) is 0. The lowest BCUT2D eigenvalue weighted by Gasteiger charge is -2.17. The van der Waals surface area contributed by atoms with E-state index in [-0.39, 0.29) is 36.2 Å². The first-order chi connectivity index (χ1) is 9.88. The van der Waals surface area contributed by atoms with Gasteiger partial charge < -0.3 is 16.4 Å². The smallest absolute Gasteiger partial charge is 0.251 e. The van der Waals surface area contributed by atoms with Crippen molar-refractivity contribution in [2.24, 2.45) is 11.7 Å². The van der Waals surface area contributed by atoms with E-state index in [0.29, 0.717) is 17.3 Å². The second kappa shape index (κ2) is 7.61. The van der Waals surface area contributed by atoms with E-state index >= 15 is 0 Å². The van der Waals surface area contributed by atoms with E-state index in [2.05, 4.69) is 10.6 Å². The van der Waals surface area contributed by atoms with Gasteiger partial charge in [0.15, 0.2) is 0 Å². The third-order valence-electron chi connectivity index (χ3n) is 3.87. The molecule has 1 aliphatic carbocycles. The number of hydrogen-bond acceptors (Lipinski definition) is 3. The molecule has 2 rings (SSSR count). The average molecular weight is 326 g/mol. The molecule has 122 valence electrons. The first-order valence-electron chi connectivity index (χ1n) is 7.36. The van der Waals surface area contributed by atoms with E-state index in [9.17, 15) is 9.59 Å². The molecule has 1 aromatic rings. The minimum absolute atomic E-state index is 0. The van der Waals surface area contributed by atoms with Gasteiger partial charge in [0.1, 0.15) is 0 Å². The number of benzene rings is 1. The molecule has 1 fully saturated rings. The summed E-state index contributed by atoms with van der Waals surface area (Å²) in [5, 5.41) is 5.80. The zero-order chi connectivity index (χ0) is 15.6. The third-order valence-corrected chi connectivity index (χ3v) is 3.87. The highest BCUT2D eigenvalue weighted by Crippen LogP contribution is 2.21. The maximum Gasteiger partial charge on any atom is 0.251 e. The summed E-state index contributed by atoms with van der Waals surface area (Å²) < 4.78 is 0. The fraction of sp³-hybridized carbons (Fsp3) is 0.500. The van der Waals surface area contributed by atoms with Crippen molar-refractivity contribution in [3.8, 4) is 0 Å². The van der Waals surface area contributed by atoms with Crippen molar-refractivity contribution in [1.29, 1.82) is 0 Å². The lowest BCUT2D eigenvalue weighted by atomic mass is 10.0. The molecule has 0 spiro atoms. The first-order valence-corrected chi connectivity index (χ1v) is 7.36. The monoisotopic (exact) mass is 325 g/mol. The van der Waals surface area contributed by atoms with Crippen LogP contribution in [0.1, 0.15) is 42.6 Å². The van der Waals surface area contributed by atoms with Gasteiger partial charge in [0.25, 0.3) is 5.91 Å². The Balaban J connectivity index is 0.00000242. The lowest BCUT2D eigenvalue weighted by molar-refractivity contribution is -0.119. The summed E-state index contributed by atoms with van der Waals surface area (Å²) in [4.78, 5) is 24.1.